The van der Waals surface area contributed by atoms with Gasteiger partial charge in [0.1, 0.15) is 0 Å². The van der Waals surface area contributed by atoms with Gasteiger partial charge in [0.25, 0.3) is 0 Å². The third-order valence-corrected chi connectivity index (χ3v) is 2.33. The van der Waals surface area contributed by atoms with Crippen LogP contribution in [0.4, 0.5) is 18.0 Å². The van der Waals surface area contributed by atoms with Gasteiger partial charge in [-0.1, -0.05) is 12.1 Å². The predicted molar refractivity (Wildman–Crippen MR) is 55.0 cm³/mol. The van der Waals surface area contributed by atoms with Gasteiger partial charge in [-0.3, -0.25) is 4.72 Å². The molecule has 0 saturated carbocycles. The molecule has 0 aliphatic rings. The Balaban J connectivity index is 0.000000873. The van der Waals surface area contributed by atoms with E-state index < -0.39 is 17.8 Å². The fraction of sp³-hybridized carbons (Fsp3) is 0.111. The predicted octanol–water partition coefficient (Wildman–Crippen LogP) is 1.80. The molecule has 0 bridgehead atoms. The summed E-state index contributed by atoms with van der Waals surface area (Å²) in [6.07, 6.45) is -4.19. The third kappa shape index (κ3) is 5.92. The van der Waals surface area contributed by atoms with Crippen molar-refractivity contribution in [2.45, 2.75) is 11.1 Å². The van der Waals surface area contributed by atoms with Crippen LogP contribution in [0.2, 0.25) is 0 Å². The molecule has 0 aliphatic heterocycles. The average molecular weight is 280 g/mol. The van der Waals surface area contributed by atoms with Gasteiger partial charge < -0.3 is 5.73 Å². The lowest BCUT2D eigenvalue weighted by molar-refractivity contribution is -0.191. The van der Waals surface area contributed by atoms with Crippen LogP contribution in [0.5, 0.6) is 0 Å². The maximum atomic E-state index is 12.4. The van der Waals surface area contributed by atoms with E-state index in [4.69, 9.17) is 15.3 Å². The number of hydrogen-bond donors (Lipinski definition) is 2. The smallest absolute Gasteiger partial charge is 0.351 e. The molecule has 18 heavy (non-hydrogen) atoms. The van der Waals surface area contributed by atoms with Crippen LogP contribution in [0.25, 0.3) is 0 Å². The van der Waals surface area contributed by atoms with Gasteiger partial charge in [0, 0.05) is 4.90 Å². The molecule has 0 aromatic heterocycles. The van der Waals surface area contributed by atoms with E-state index >= 15 is 0 Å². The number of nitrogens with two attached hydrogens (primary N) is 1. The van der Waals surface area contributed by atoms with Crippen LogP contribution in [0, 0.1) is 0 Å². The van der Waals surface area contributed by atoms with Crippen molar-refractivity contribution >= 4 is 24.1 Å². The highest BCUT2D eigenvalue weighted by molar-refractivity contribution is 7.98. The minimum atomic E-state index is -4.44. The Hall–Kier alpha value is -1.99. The molecular formula is C9H7F3N2O3S. The second kappa shape index (κ2) is 7.36. The fourth-order valence-electron chi connectivity index (χ4n) is 0.895. The Kier molecular flexibility index (Phi) is 6.54. The molecule has 1 aromatic rings. The van der Waals surface area contributed by atoms with Crippen molar-refractivity contribution in [3.63, 3.8) is 0 Å². The SMILES string of the molecule is NC(=O)NSc1ccccc1C(F)(F)F.O=C=O. The number of nitrogens with one attached hydrogen (secondary N) is 1. The highest BCUT2D eigenvalue weighted by Crippen LogP contribution is 2.35. The van der Waals surface area contributed by atoms with E-state index in [2.05, 4.69) is 0 Å². The molecule has 0 radical (unpaired) electrons. The van der Waals surface area contributed by atoms with Crippen molar-refractivity contribution < 1.29 is 27.6 Å². The Bertz CT molecular complexity index is 445. The minimum absolute atomic E-state index is 0.0937. The number of benzene rings is 1. The summed E-state index contributed by atoms with van der Waals surface area (Å²) in [6, 6.07) is 4.02. The largest absolute Gasteiger partial charge is 0.417 e. The van der Waals surface area contributed by atoms with E-state index in [0.29, 0.717) is 11.9 Å². The summed E-state index contributed by atoms with van der Waals surface area (Å²) in [5.74, 6) is 0. The molecule has 5 nitrogen and oxygen atoms in total. The lowest BCUT2D eigenvalue weighted by Gasteiger charge is -2.11. The number of hydrogen-bond acceptors (Lipinski definition) is 4. The van der Waals surface area contributed by atoms with Crippen LogP contribution >= 0.6 is 11.9 Å². The normalized spacial score (nSPS) is 9.72. The zero-order valence-electron chi connectivity index (χ0n) is 8.65. The number of carbonyl (C=O) groups is 1. The summed E-state index contributed by atoms with van der Waals surface area (Å²) >= 11 is 0.537. The van der Waals surface area contributed by atoms with Gasteiger partial charge in [0.05, 0.1) is 5.56 Å². The van der Waals surface area contributed by atoms with E-state index in [-0.39, 0.29) is 11.0 Å². The quantitative estimate of drug-likeness (QED) is 0.808. The maximum Gasteiger partial charge on any atom is 0.417 e. The van der Waals surface area contributed by atoms with Crippen molar-refractivity contribution in [2.75, 3.05) is 0 Å². The first-order valence-electron chi connectivity index (χ1n) is 4.20. The molecule has 0 unspecified atom stereocenters. The number of carbonyl (C=O) groups excluding carboxylic acids is 3. The van der Waals surface area contributed by atoms with Gasteiger partial charge in [0.2, 0.25) is 0 Å². The van der Waals surface area contributed by atoms with Crippen molar-refractivity contribution in [1.29, 1.82) is 0 Å². The number of urea groups is 1. The lowest BCUT2D eigenvalue weighted by atomic mass is 10.2. The second-order valence-electron chi connectivity index (χ2n) is 2.65. The molecule has 98 valence electrons. The molecule has 0 fully saturated rings. The Labute approximate surface area is 104 Å². The Morgan fingerprint density at radius 3 is 2.22 bits per heavy atom. The molecule has 0 saturated heterocycles. The molecule has 0 aliphatic carbocycles. The average Bonchev–Trinajstić information content (AvgIpc) is 2.26. The summed E-state index contributed by atoms with van der Waals surface area (Å²) in [5, 5.41) is 0. The van der Waals surface area contributed by atoms with Gasteiger partial charge in [-0.05, 0) is 24.1 Å². The first-order chi connectivity index (χ1) is 8.32. The lowest BCUT2D eigenvalue weighted by Crippen LogP contribution is -2.23. The van der Waals surface area contributed by atoms with E-state index in [1.807, 2.05) is 4.72 Å². The molecule has 0 spiro atoms. The summed E-state index contributed by atoms with van der Waals surface area (Å²) in [5.41, 5.74) is 3.95. The number of rotatable bonds is 2. The van der Waals surface area contributed by atoms with Crippen LogP contribution in [-0.4, -0.2) is 12.2 Å². The van der Waals surface area contributed by atoms with Crippen molar-refractivity contribution in [1.82, 2.24) is 4.72 Å². The molecule has 0 heterocycles. The monoisotopic (exact) mass is 280 g/mol. The van der Waals surface area contributed by atoms with E-state index in [1.54, 1.807) is 0 Å². The van der Waals surface area contributed by atoms with Crippen molar-refractivity contribution in [3.8, 4) is 0 Å². The minimum Gasteiger partial charge on any atom is -0.351 e. The molecule has 1 rings (SSSR count). The number of halogens is 3. The zero-order chi connectivity index (χ0) is 14.2. The van der Waals surface area contributed by atoms with E-state index in [0.717, 1.165) is 6.07 Å². The first kappa shape index (κ1) is 16.0. The van der Waals surface area contributed by atoms with Crippen LogP contribution in [0.15, 0.2) is 29.2 Å². The van der Waals surface area contributed by atoms with Gasteiger partial charge in [-0.2, -0.15) is 22.8 Å². The highest BCUT2D eigenvalue weighted by Gasteiger charge is 2.33. The summed E-state index contributed by atoms with van der Waals surface area (Å²) in [4.78, 5) is 26.5. The standard InChI is InChI=1S/C8H7F3N2OS.CO2/c9-8(10,11)5-3-1-2-4-6(5)15-13-7(12)14;2-1-3/h1-4H,(H3,12,13,14);. The molecule has 2 amide bonds. The van der Waals surface area contributed by atoms with Crippen LogP contribution < -0.4 is 10.5 Å². The summed E-state index contributed by atoms with van der Waals surface area (Å²) in [6.45, 7) is 0. The second-order valence-corrected chi connectivity index (χ2v) is 3.49. The van der Waals surface area contributed by atoms with Gasteiger partial charge in [-0.15, -0.1) is 0 Å². The van der Waals surface area contributed by atoms with Gasteiger partial charge in [0.15, 0.2) is 0 Å². The molecular weight excluding hydrogens is 273 g/mol. The molecule has 0 atom stereocenters. The third-order valence-electron chi connectivity index (χ3n) is 1.45. The van der Waals surface area contributed by atoms with Gasteiger partial charge >= 0.3 is 18.4 Å². The maximum absolute atomic E-state index is 12.4. The fourth-order valence-corrected chi connectivity index (χ4v) is 1.55. The first-order valence-corrected chi connectivity index (χ1v) is 5.02. The Morgan fingerprint density at radius 2 is 1.78 bits per heavy atom. The van der Waals surface area contributed by atoms with Crippen LogP contribution in [0.3, 0.4) is 0 Å². The van der Waals surface area contributed by atoms with Crippen molar-refractivity contribution in [3.05, 3.63) is 29.8 Å². The number of primary amides is 1. The molecule has 1 aromatic carbocycles. The summed E-state index contributed by atoms with van der Waals surface area (Å²) < 4.78 is 39.3. The highest BCUT2D eigenvalue weighted by atomic mass is 32.2. The number of alkyl halides is 3. The molecule has 3 N–H and O–H groups in total. The van der Waals surface area contributed by atoms with Crippen LogP contribution in [-0.2, 0) is 15.8 Å². The summed E-state index contributed by atoms with van der Waals surface area (Å²) in [7, 11) is 0. The number of amides is 2. The van der Waals surface area contributed by atoms with E-state index in [1.165, 1.54) is 18.2 Å². The van der Waals surface area contributed by atoms with E-state index in [9.17, 15) is 18.0 Å². The van der Waals surface area contributed by atoms with Gasteiger partial charge in [-0.25, -0.2) is 4.79 Å². The van der Waals surface area contributed by atoms with Crippen LogP contribution in [0.1, 0.15) is 5.56 Å². The Morgan fingerprint density at radius 1 is 1.28 bits per heavy atom. The van der Waals surface area contributed by atoms with Crippen molar-refractivity contribution in [2.24, 2.45) is 5.73 Å². The molecule has 9 heteroatoms. The zero-order valence-corrected chi connectivity index (χ0v) is 9.47. The topological polar surface area (TPSA) is 89.3 Å².